The molecule has 4 nitrogen and oxygen atoms in total. The maximum absolute atomic E-state index is 12.3. The van der Waals surface area contributed by atoms with E-state index in [0.717, 1.165) is 21.7 Å². The Labute approximate surface area is 136 Å². The summed E-state index contributed by atoms with van der Waals surface area (Å²) in [5.74, 6) is 0.579. The minimum Gasteiger partial charge on any atom is -0.306 e. The molecule has 0 saturated carbocycles. The highest BCUT2D eigenvalue weighted by Gasteiger charge is 2.12. The van der Waals surface area contributed by atoms with Gasteiger partial charge in [0.05, 0.1) is 21.5 Å². The highest BCUT2D eigenvalue weighted by molar-refractivity contribution is 7.09. The Morgan fingerprint density at radius 1 is 1.00 bits per heavy atom. The van der Waals surface area contributed by atoms with Gasteiger partial charge in [0.2, 0.25) is 0 Å². The van der Waals surface area contributed by atoms with E-state index in [1.165, 1.54) is 11.5 Å². The largest absolute Gasteiger partial charge is 0.306 e. The molecule has 0 aliphatic rings. The number of hydrogen-bond acceptors (Lipinski definition) is 4. The third-order valence-electron chi connectivity index (χ3n) is 3.69. The van der Waals surface area contributed by atoms with Crippen LogP contribution in [0.25, 0.3) is 32.7 Å². The second kappa shape index (κ2) is 5.44. The molecule has 0 fully saturated rings. The van der Waals surface area contributed by atoms with Crippen LogP contribution in [0.1, 0.15) is 5.69 Å². The summed E-state index contributed by atoms with van der Waals surface area (Å²) in [4.78, 5) is 20.9. The Morgan fingerprint density at radius 3 is 2.52 bits per heavy atom. The molecular weight excluding hydrogens is 306 g/mol. The van der Waals surface area contributed by atoms with Gasteiger partial charge in [-0.2, -0.15) is 4.37 Å². The minimum atomic E-state index is -0.124. The molecule has 0 unspecified atom stereocenters. The molecule has 0 saturated heterocycles. The van der Waals surface area contributed by atoms with Gasteiger partial charge in [-0.05, 0) is 36.7 Å². The van der Waals surface area contributed by atoms with Crippen molar-refractivity contribution >= 4 is 22.4 Å². The Kier molecular flexibility index (Phi) is 3.28. The topological polar surface area (TPSA) is 58.6 Å². The normalized spacial score (nSPS) is 11.0. The molecule has 0 amide bonds. The summed E-state index contributed by atoms with van der Waals surface area (Å²) in [6.45, 7) is 1.97. The molecule has 23 heavy (non-hydrogen) atoms. The first-order chi connectivity index (χ1) is 11.2. The zero-order chi connectivity index (χ0) is 15.8. The van der Waals surface area contributed by atoms with E-state index in [-0.39, 0.29) is 5.56 Å². The summed E-state index contributed by atoms with van der Waals surface area (Å²) in [6.07, 6.45) is 0. The lowest BCUT2D eigenvalue weighted by Crippen LogP contribution is -2.09. The summed E-state index contributed by atoms with van der Waals surface area (Å²) in [7, 11) is 0. The molecule has 0 aliphatic carbocycles. The monoisotopic (exact) mass is 319 g/mol. The number of nitrogens with one attached hydrogen (secondary N) is 1. The average molecular weight is 319 g/mol. The van der Waals surface area contributed by atoms with Gasteiger partial charge in [0.1, 0.15) is 5.82 Å². The maximum atomic E-state index is 12.3. The van der Waals surface area contributed by atoms with Crippen molar-refractivity contribution in [1.82, 2.24) is 14.3 Å². The standard InChI is InChI=1S/C18H13N3OS/c1-11-10-16(23-21-11)12-6-2-3-7-13(12)17-19-15-9-5-4-8-14(15)18(22)20-17/h2-10H,1H3,(H,19,20,22). The van der Waals surface area contributed by atoms with Crippen molar-refractivity contribution in [3.63, 3.8) is 0 Å². The molecule has 1 N–H and O–H groups in total. The number of aromatic amines is 1. The van der Waals surface area contributed by atoms with Gasteiger partial charge >= 0.3 is 0 Å². The molecule has 0 atom stereocenters. The van der Waals surface area contributed by atoms with Crippen molar-refractivity contribution in [3.05, 3.63) is 70.6 Å². The van der Waals surface area contributed by atoms with Crippen LogP contribution in [0.2, 0.25) is 0 Å². The number of para-hydroxylation sites is 1. The SMILES string of the molecule is Cc1cc(-c2ccccc2-c2nc3ccccc3c(=O)[nH]2)sn1. The lowest BCUT2D eigenvalue weighted by atomic mass is 10.0. The molecule has 5 heteroatoms. The summed E-state index contributed by atoms with van der Waals surface area (Å²) < 4.78 is 4.34. The first kappa shape index (κ1) is 13.8. The second-order valence-corrected chi connectivity index (χ2v) is 6.11. The lowest BCUT2D eigenvalue weighted by molar-refractivity contribution is 1.18. The Hall–Kier alpha value is -2.79. The molecule has 2 aromatic carbocycles. The zero-order valence-electron chi connectivity index (χ0n) is 12.4. The van der Waals surface area contributed by atoms with Crippen molar-refractivity contribution in [3.8, 4) is 21.8 Å². The Morgan fingerprint density at radius 2 is 1.74 bits per heavy atom. The molecule has 4 aromatic rings. The highest BCUT2D eigenvalue weighted by atomic mass is 32.1. The minimum absolute atomic E-state index is 0.124. The highest BCUT2D eigenvalue weighted by Crippen LogP contribution is 2.32. The van der Waals surface area contributed by atoms with Crippen molar-refractivity contribution in [2.75, 3.05) is 0 Å². The van der Waals surface area contributed by atoms with Gasteiger partial charge in [-0.25, -0.2) is 4.98 Å². The van der Waals surface area contributed by atoms with Crippen LogP contribution in [0.5, 0.6) is 0 Å². The van der Waals surface area contributed by atoms with Crippen LogP contribution in [0.4, 0.5) is 0 Å². The number of fused-ring (bicyclic) bond motifs is 1. The van der Waals surface area contributed by atoms with Crippen LogP contribution in [-0.2, 0) is 0 Å². The van der Waals surface area contributed by atoms with E-state index >= 15 is 0 Å². The van der Waals surface area contributed by atoms with E-state index in [1.54, 1.807) is 6.07 Å². The van der Waals surface area contributed by atoms with Crippen molar-refractivity contribution in [1.29, 1.82) is 0 Å². The Balaban J connectivity index is 1.97. The predicted molar refractivity (Wildman–Crippen MR) is 93.6 cm³/mol. The first-order valence-electron chi connectivity index (χ1n) is 7.24. The van der Waals surface area contributed by atoms with Crippen molar-refractivity contribution in [2.45, 2.75) is 6.92 Å². The summed E-state index contributed by atoms with van der Waals surface area (Å²) in [6, 6.07) is 17.3. The molecule has 0 radical (unpaired) electrons. The number of aryl methyl sites for hydroxylation is 1. The van der Waals surface area contributed by atoms with Crippen LogP contribution in [0, 0.1) is 6.92 Å². The van der Waals surface area contributed by atoms with Gasteiger partial charge < -0.3 is 4.98 Å². The number of nitrogens with zero attached hydrogens (tertiary/aromatic N) is 2. The zero-order valence-corrected chi connectivity index (χ0v) is 13.2. The molecule has 0 aliphatic heterocycles. The maximum Gasteiger partial charge on any atom is 0.259 e. The van der Waals surface area contributed by atoms with E-state index in [2.05, 4.69) is 14.3 Å². The van der Waals surface area contributed by atoms with E-state index in [0.29, 0.717) is 16.7 Å². The Bertz CT molecular complexity index is 1070. The van der Waals surface area contributed by atoms with Gasteiger partial charge in [0.25, 0.3) is 5.56 Å². The third-order valence-corrected chi connectivity index (χ3v) is 4.60. The summed E-state index contributed by atoms with van der Waals surface area (Å²) in [5.41, 5.74) is 3.48. The average Bonchev–Trinajstić information content (AvgIpc) is 3.01. The fourth-order valence-corrected chi connectivity index (χ4v) is 3.40. The smallest absolute Gasteiger partial charge is 0.259 e. The van der Waals surface area contributed by atoms with Crippen molar-refractivity contribution in [2.24, 2.45) is 0 Å². The van der Waals surface area contributed by atoms with Gasteiger partial charge in [-0.3, -0.25) is 4.79 Å². The third kappa shape index (κ3) is 2.45. The molecule has 0 bridgehead atoms. The first-order valence-corrected chi connectivity index (χ1v) is 8.02. The van der Waals surface area contributed by atoms with Crippen LogP contribution < -0.4 is 5.56 Å². The van der Waals surface area contributed by atoms with Gasteiger partial charge in [-0.1, -0.05) is 36.4 Å². The predicted octanol–water partition coefficient (Wildman–Crippen LogP) is 4.02. The second-order valence-electron chi connectivity index (χ2n) is 5.31. The van der Waals surface area contributed by atoms with Gasteiger partial charge in [0.15, 0.2) is 0 Å². The number of rotatable bonds is 2. The lowest BCUT2D eigenvalue weighted by Gasteiger charge is -2.07. The number of hydrogen-bond donors (Lipinski definition) is 1. The number of H-pyrrole nitrogens is 1. The fourth-order valence-electron chi connectivity index (χ4n) is 2.61. The fraction of sp³-hybridized carbons (Fsp3) is 0.0556. The van der Waals surface area contributed by atoms with Gasteiger partial charge in [0, 0.05) is 11.1 Å². The summed E-state index contributed by atoms with van der Waals surface area (Å²) >= 11 is 1.45. The van der Waals surface area contributed by atoms with Crippen LogP contribution in [0.15, 0.2) is 59.4 Å². The number of aromatic nitrogens is 3. The summed E-state index contributed by atoms with van der Waals surface area (Å²) in [5, 5.41) is 0.599. The van der Waals surface area contributed by atoms with Crippen molar-refractivity contribution < 1.29 is 0 Å². The van der Waals surface area contributed by atoms with Crippen LogP contribution in [0.3, 0.4) is 0 Å². The van der Waals surface area contributed by atoms with E-state index in [4.69, 9.17) is 0 Å². The molecule has 112 valence electrons. The molecule has 2 heterocycles. The molecule has 4 rings (SSSR count). The van der Waals surface area contributed by atoms with Crippen LogP contribution in [-0.4, -0.2) is 14.3 Å². The van der Waals surface area contributed by atoms with E-state index in [1.807, 2.05) is 55.5 Å². The van der Waals surface area contributed by atoms with E-state index in [9.17, 15) is 4.79 Å². The molecule has 2 aromatic heterocycles. The van der Waals surface area contributed by atoms with E-state index < -0.39 is 0 Å². The molecule has 0 spiro atoms. The van der Waals surface area contributed by atoms with Gasteiger partial charge in [-0.15, -0.1) is 0 Å². The molecular formula is C18H13N3OS. The number of benzene rings is 2. The van der Waals surface area contributed by atoms with Crippen LogP contribution >= 0.6 is 11.5 Å². The quantitative estimate of drug-likeness (QED) is 0.607.